The predicted octanol–water partition coefficient (Wildman–Crippen LogP) is -0.224. The molecule has 0 heterocycles. The molecule has 0 aliphatic rings. The lowest BCUT2D eigenvalue weighted by Crippen LogP contribution is -2.43. The zero-order valence-electron chi connectivity index (χ0n) is 9.56. The van der Waals surface area contributed by atoms with Gasteiger partial charge in [-0.2, -0.15) is 0 Å². The summed E-state index contributed by atoms with van der Waals surface area (Å²) in [5, 5.41) is 8.24. The molecule has 0 aromatic rings. The number of sulfone groups is 1. The maximum Gasteiger partial charge on any atom is 0.318 e. The number of rotatable bonds is 6. The predicted molar refractivity (Wildman–Crippen MR) is 58.5 cm³/mol. The molecule has 0 bridgehead atoms. The van der Waals surface area contributed by atoms with Gasteiger partial charge in [0.1, 0.15) is 5.41 Å². The van der Waals surface area contributed by atoms with Gasteiger partial charge in [-0.05, 0) is 27.2 Å². The molecule has 0 spiro atoms. The fraction of sp³-hybridized carbons (Fsp3) is 0.778. The molecule has 0 radical (unpaired) electrons. The molecule has 0 rings (SSSR count). The van der Waals surface area contributed by atoms with Crippen LogP contribution in [-0.2, 0) is 19.4 Å². The highest BCUT2D eigenvalue weighted by Gasteiger charge is 2.40. The minimum absolute atomic E-state index is 0.307. The Labute approximate surface area is 94.7 Å². The fourth-order valence-electron chi connectivity index (χ4n) is 0.918. The van der Waals surface area contributed by atoms with Crippen LogP contribution in [0.4, 0.5) is 0 Å². The number of hydrogen-bond donors (Lipinski definition) is 2. The van der Waals surface area contributed by atoms with Crippen LogP contribution in [0.2, 0.25) is 0 Å². The zero-order valence-corrected chi connectivity index (χ0v) is 10.4. The van der Waals surface area contributed by atoms with Gasteiger partial charge in [0.25, 0.3) is 0 Å². The van der Waals surface area contributed by atoms with Crippen LogP contribution < -0.4 is 5.73 Å². The molecule has 0 aliphatic heterocycles. The number of carboxylic acids is 1. The number of aliphatic carboxylic acids is 1. The van der Waals surface area contributed by atoms with E-state index in [1.54, 1.807) is 0 Å². The standard InChI is InChI=1S/C9H17NO5S/c1-6(2)16(14,15)5-4-9(3,7(10)11)8(12)13/h6H,4-5H2,1-3H3,(H2,10,11)(H,12,13). The number of carbonyl (C=O) groups is 2. The maximum atomic E-state index is 11.5. The summed E-state index contributed by atoms with van der Waals surface area (Å²) < 4.78 is 23.0. The summed E-state index contributed by atoms with van der Waals surface area (Å²) in [6, 6.07) is 0. The van der Waals surface area contributed by atoms with E-state index in [2.05, 4.69) is 0 Å². The maximum absolute atomic E-state index is 11.5. The number of hydrogen-bond acceptors (Lipinski definition) is 4. The van der Waals surface area contributed by atoms with Crippen molar-refractivity contribution in [2.24, 2.45) is 11.1 Å². The van der Waals surface area contributed by atoms with E-state index in [0.29, 0.717) is 0 Å². The van der Waals surface area contributed by atoms with Crippen molar-refractivity contribution in [2.75, 3.05) is 5.75 Å². The van der Waals surface area contributed by atoms with Gasteiger partial charge in [0.2, 0.25) is 5.91 Å². The molecular weight excluding hydrogens is 234 g/mol. The van der Waals surface area contributed by atoms with Gasteiger partial charge in [0, 0.05) is 0 Å². The summed E-state index contributed by atoms with van der Waals surface area (Å²) in [4.78, 5) is 21.8. The molecule has 94 valence electrons. The first kappa shape index (κ1) is 14.9. The highest BCUT2D eigenvalue weighted by Crippen LogP contribution is 2.23. The van der Waals surface area contributed by atoms with Crippen molar-refractivity contribution in [3.05, 3.63) is 0 Å². The normalized spacial score (nSPS) is 15.8. The molecule has 1 atom stereocenters. The van der Waals surface area contributed by atoms with E-state index in [0.717, 1.165) is 6.92 Å². The van der Waals surface area contributed by atoms with Crippen LogP contribution in [0, 0.1) is 5.41 Å². The fourth-order valence-corrected chi connectivity index (χ4v) is 2.08. The topological polar surface area (TPSA) is 115 Å². The third-order valence-corrected chi connectivity index (χ3v) is 4.83. The van der Waals surface area contributed by atoms with Crippen molar-refractivity contribution in [3.8, 4) is 0 Å². The van der Waals surface area contributed by atoms with E-state index >= 15 is 0 Å². The lowest BCUT2D eigenvalue weighted by Gasteiger charge is -2.21. The van der Waals surface area contributed by atoms with E-state index in [4.69, 9.17) is 10.8 Å². The molecule has 7 heteroatoms. The number of carboxylic acid groups (broad SMARTS) is 1. The molecule has 0 aromatic carbocycles. The van der Waals surface area contributed by atoms with E-state index in [-0.39, 0.29) is 12.2 Å². The van der Waals surface area contributed by atoms with Gasteiger partial charge >= 0.3 is 5.97 Å². The zero-order chi connectivity index (χ0) is 13.1. The van der Waals surface area contributed by atoms with Gasteiger partial charge in [-0.15, -0.1) is 0 Å². The van der Waals surface area contributed by atoms with Crippen molar-refractivity contribution in [1.29, 1.82) is 0 Å². The minimum Gasteiger partial charge on any atom is -0.480 e. The van der Waals surface area contributed by atoms with Crippen LogP contribution >= 0.6 is 0 Å². The van der Waals surface area contributed by atoms with Crippen molar-refractivity contribution in [1.82, 2.24) is 0 Å². The van der Waals surface area contributed by atoms with Crippen LogP contribution in [-0.4, -0.2) is 36.4 Å². The van der Waals surface area contributed by atoms with Gasteiger partial charge in [-0.1, -0.05) is 0 Å². The summed E-state index contributed by atoms with van der Waals surface area (Å²) in [5.74, 6) is -2.80. The Morgan fingerprint density at radius 3 is 2.06 bits per heavy atom. The highest BCUT2D eigenvalue weighted by atomic mass is 32.2. The van der Waals surface area contributed by atoms with Crippen LogP contribution in [0.25, 0.3) is 0 Å². The average molecular weight is 251 g/mol. The Balaban J connectivity index is 4.85. The van der Waals surface area contributed by atoms with Gasteiger partial charge < -0.3 is 10.8 Å². The summed E-state index contributed by atoms with van der Waals surface area (Å²) in [7, 11) is -3.37. The second-order valence-corrected chi connectivity index (χ2v) is 6.84. The Hall–Kier alpha value is -1.11. The number of carbonyl (C=O) groups excluding carboxylic acids is 1. The van der Waals surface area contributed by atoms with Gasteiger partial charge in [0.05, 0.1) is 11.0 Å². The van der Waals surface area contributed by atoms with E-state index in [9.17, 15) is 18.0 Å². The van der Waals surface area contributed by atoms with Crippen LogP contribution in [0.1, 0.15) is 27.2 Å². The Bertz CT molecular complexity index is 371. The SMILES string of the molecule is CC(C)S(=O)(=O)CCC(C)(C(N)=O)C(=O)O. The molecule has 1 amide bonds. The molecule has 1 unspecified atom stereocenters. The monoisotopic (exact) mass is 251 g/mol. The number of nitrogens with two attached hydrogens (primary N) is 1. The largest absolute Gasteiger partial charge is 0.480 e. The van der Waals surface area contributed by atoms with Crippen LogP contribution in [0.15, 0.2) is 0 Å². The van der Waals surface area contributed by atoms with E-state index in [1.807, 2.05) is 0 Å². The van der Waals surface area contributed by atoms with E-state index < -0.39 is 32.4 Å². The Morgan fingerprint density at radius 2 is 1.81 bits per heavy atom. The molecule has 16 heavy (non-hydrogen) atoms. The molecule has 3 N–H and O–H groups in total. The van der Waals surface area contributed by atoms with Gasteiger partial charge in [-0.3, -0.25) is 9.59 Å². The quantitative estimate of drug-likeness (QED) is 0.633. The average Bonchev–Trinajstić information content (AvgIpc) is 2.13. The molecule has 0 saturated heterocycles. The van der Waals surface area contributed by atoms with Crippen LogP contribution in [0.3, 0.4) is 0 Å². The highest BCUT2D eigenvalue weighted by molar-refractivity contribution is 7.91. The first-order valence-electron chi connectivity index (χ1n) is 4.79. The summed E-state index contributed by atoms with van der Waals surface area (Å²) in [6.45, 7) is 4.13. The smallest absolute Gasteiger partial charge is 0.318 e. The summed E-state index contributed by atoms with van der Waals surface area (Å²) in [5.41, 5.74) is 3.13. The second-order valence-electron chi connectivity index (χ2n) is 4.17. The third kappa shape index (κ3) is 3.19. The van der Waals surface area contributed by atoms with E-state index in [1.165, 1.54) is 13.8 Å². The van der Waals surface area contributed by atoms with Gasteiger partial charge in [-0.25, -0.2) is 8.42 Å². The number of amides is 1. The van der Waals surface area contributed by atoms with Crippen molar-refractivity contribution >= 4 is 21.7 Å². The third-order valence-electron chi connectivity index (χ3n) is 2.62. The summed E-state index contributed by atoms with van der Waals surface area (Å²) in [6.07, 6.45) is -0.307. The van der Waals surface area contributed by atoms with Crippen molar-refractivity contribution in [2.45, 2.75) is 32.4 Å². The van der Waals surface area contributed by atoms with Crippen LogP contribution in [0.5, 0.6) is 0 Å². The molecule has 0 aliphatic carbocycles. The molecule has 0 aromatic heterocycles. The summed E-state index contributed by atoms with van der Waals surface area (Å²) >= 11 is 0. The lowest BCUT2D eigenvalue weighted by molar-refractivity contribution is -0.153. The molecule has 0 saturated carbocycles. The second kappa shape index (κ2) is 4.82. The first-order chi connectivity index (χ1) is 7.04. The van der Waals surface area contributed by atoms with Crippen molar-refractivity contribution in [3.63, 3.8) is 0 Å². The molecule has 6 nitrogen and oxygen atoms in total. The van der Waals surface area contributed by atoms with Gasteiger partial charge in [0.15, 0.2) is 9.84 Å². The minimum atomic E-state index is -3.37. The Kier molecular flexibility index (Phi) is 4.48. The first-order valence-corrected chi connectivity index (χ1v) is 6.50. The molecule has 0 fully saturated rings. The lowest BCUT2D eigenvalue weighted by atomic mass is 9.87. The number of primary amides is 1. The molecular formula is C9H17NO5S. The van der Waals surface area contributed by atoms with Crippen molar-refractivity contribution < 1.29 is 23.1 Å². The Morgan fingerprint density at radius 1 is 1.38 bits per heavy atom.